The number of carbonyl (C=O) groups excluding carboxylic acids is 1. The molecule has 1 amide bonds. The van der Waals surface area contributed by atoms with Gasteiger partial charge in [-0.2, -0.15) is 0 Å². The van der Waals surface area contributed by atoms with Gasteiger partial charge < -0.3 is 5.32 Å². The van der Waals surface area contributed by atoms with Crippen molar-refractivity contribution in [2.45, 2.75) is 88.4 Å². The second-order valence-electron chi connectivity index (χ2n) is 8.42. The van der Waals surface area contributed by atoms with Gasteiger partial charge in [0.2, 0.25) is 0 Å². The fraction of sp³-hybridized carbons (Fsp3) is 0.667. The van der Waals surface area contributed by atoms with Crippen LogP contribution in [0.15, 0.2) is 24.3 Å². The highest BCUT2D eigenvalue weighted by Crippen LogP contribution is 2.39. The highest BCUT2D eigenvalue weighted by atomic mass is 16.6. The van der Waals surface area contributed by atoms with E-state index in [4.69, 9.17) is 0 Å². The van der Waals surface area contributed by atoms with Gasteiger partial charge in [0.05, 0.1) is 4.92 Å². The van der Waals surface area contributed by atoms with E-state index in [0.717, 1.165) is 18.9 Å². The highest BCUT2D eigenvalue weighted by molar-refractivity contribution is 5.94. The maximum Gasteiger partial charge on any atom is 0.269 e. The van der Waals surface area contributed by atoms with Crippen LogP contribution >= 0.6 is 0 Å². The van der Waals surface area contributed by atoms with Crippen LogP contribution in [-0.2, 0) is 0 Å². The third-order valence-electron chi connectivity index (χ3n) is 6.70. The number of nitro groups is 1. The molecule has 146 valence electrons. The molecule has 0 spiro atoms. The van der Waals surface area contributed by atoms with E-state index in [2.05, 4.69) is 10.2 Å². The van der Waals surface area contributed by atoms with Crippen LogP contribution in [0.2, 0.25) is 0 Å². The molecule has 4 rings (SSSR count). The van der Waals surface area contributed by atoms with Crippen LogP contribution < -0.4 is 5.32 Å². The molecule has 1 aliphatic carbocycles. The molecule has 1 aromatic carbocycles. The molecule has 3 atom stereocenters. The van der Waals surface area contributed by atoms with Crippen LogP contribution in [-0.4, -0.2) is 39.9 Å². The first-order valence-electron chi connectivity index (χ1n) is 10.4. The van der Waals surface area contributed by atoms with E-state index in [9.17, 15) is 14.9 Å². The monoisotopic (exact) mass is 371 g/mol. The predicted octanol–water partition coefficient (Wildman–Crippen LogP) is 4.04. The summed E-state index contributed by atoms with van der Waals surface area (Å²) < 4.78 is 0. The van der Waals surface area contributed by atoms with Gasteiger partial charge in [0.1, 0.15) is 0 Å². The lowest BCUT2D eigenvalue weighted by atomic mass is 9.78. The van der Waals surface area contributed by atoms with Crippen LogP contribution in [0.25, 0.3) is 0 Å². The topological polar surface area (TPSA) is 75.5 Å². The summed E-state index contributed by atoms with van der Waals surface area (Å²) in [7, 11) is 0. The van der Waals surface area contributed by atoms with Crippen molar-refractivity contribution in [1.29, 1.82) is 0 Å². The van der Waals surface area contributed by atoms with E-state index in [1.807, 2.05) is 0 Å². The molecule has 27 heavy (non-hydrogen) atoms. The second kappa shape index (κ2) is 7.97. The Balaban J connectivity index is 1.39. The van der Waals surface area contributed by atoms with Crippen molar-refractivity contribution in [3.8, 4) is 0 Å². The molecular weight excluding hydrogens is 342 g/mol. The average molecular weight is 371 g/mol. The minimum absolute atomic E-state index is 0.0156. The van der Waals surface area contributed by atoms with Gasteiger partial charge in [-0.25, -0.2) is 0 Å². The maximum absolute atomic E-state index is 12.6. The molecule has 0 aromatic heterocycles. The van der Waals surface area contributed by atoms with Crippen molar-refractivity contribution < 1.29 is 9.72 Å². The number of amides is 1. The van der Waals surface area contributed by atoms with Gasteiger partial charge in [-0.15, -0.1) is 0 Å². The number of hydrogen-bond donors (Lipinski definition) is 1. The number of fused-ring (bicyclic) bond motifs is 2. The Morgan fingerprint density at radius 3 is 2.11 bits per heavy atom. The number of benzene rings is 1. The predicted molar refractivity (Wildman–Crippen MR) is 104 cm³/mol. The SMILES string of the molecule is O=C(NC1C[C@H]2CCC[C@@H](C1)N2C1CCCCC1)c1ccc([N+](=O)[O-])cc1. The van der Waals surface area contributed by atoms with E-state index in [0.29, 0.717) is 17.6 Å². The molecule has 6 heteroatoms. The van der Waals surface area contributed by atoms with Crippen LogP contribution in [0.4, 0.5) is 5.69 Å². The Morgan fingerprint density at radius 1 is 0.926 bits per heavy atom. The van der Waals surface area contributed by atoms with Gasteiger partial charge in [-0.3, -0.25) is 19.8 Å². The molecule has 1 unspecified atom stereocenters. The zero-order valence-electron chi connectivity index (χ0n) is 15.8. The molecule has 3 aliphatic rings. The van der Waals surface area contributed by atoms with E-state index in [-0.39, 0.29) is 17.6 Å². The molecule has 2 bridgehead atoms. The summed E-state index contributed by atoms with van der Waals surface area (Å²) in [5.41, 5.74) is 0.516. The van der Waals surface area contributed by atoms with E-state index in [1.54, 1.807) is 12.1 Å². The van der Waals surface area contributed by atoms with Crippen molar-refractivity contribution in [2.75, 3.05) is 0 Å². The number of piperidine rings is 2. The normalized spacial score (nSPS) is 29.3. The number of rotatable bonds is 4. The fourth-order valence-electron chi connectivity index (χ4n) is 5.51. The lowest BCUT2D eigenvalue weighted by Gasteiger charge is -2.53. The van der Waals surface area contributed by atoms with Crippen LogP contribution in [0, 0.1) is 10.1 Å². The maximum atomic E-state index is 12.6. The molecule has 1 aromatic rings. The smallest absolute Gasteiger partial charge is 0.269 e. The quantitative estimate of drug-likeness (QED) is 0.640. The molecule has 2 heterocycles. The van der Waals surface area contributed by atoms with Crippen LogP contribution in [0.5, 0.6) is 0 Å². The van der Waals surface area contributed by atoms with Crippen molar-refractivity contribution in [1.82, 2.24) is 10.2 Å². The third-order valence-corrected chi connectivity index (χ3v) is 6.70. The third kappa shape index (κ3) is 4.00. The number of nitrogens with one attached hydrogen (secondary N) is 1. The van der Waals surface area contributed by atoms with Gasteiger partial charge >= 0.3 is 0 Å². The minimum Gasteiger partial charge on any atom is -0.349 e. The zero-order chi connectivity index (χ0) is 18.8. The number of carbonyl (C=O) groups is 1. The first-order chi connectivity index (χ1) is 13.1. The molecule has 1 saturated carbocycles. The second-order valence-corrected chi connectivity index (χ2v) is 8.42. The van der Waals surface area contributed by atoms with Crippen molar-refractivity contribution in [2.24, 2.45) is 0 Å². The summed E-state index contributed by atoms with van der Waals surface area (Å²) in [6.45, 7) is 0. The van der Waals surface area contributed by atoms with Crippen LogP contribution in [0.1, 0.15) is 74.6 Å². The number of non-ortho nitro benzene ring substituents is 1. The molecule has 1 N–H and O–H groups in total. The summed E-state index contributed by atoms with van der Waals surface area (Å²) >= 11 is 0. The molecule has 2 aliphatic heterocycles. The highest BCUT2D eigenvalue weighted by Gasteiger charge is 2.42. The summed E-state index contributed by atoms with van der Waals surface area (Å²) in [6, 6.07) is 8.05. The minimum atomic E-state index is -0.441. The van der Waals surface area contributed by atoms with Gasteiger partial charge in [0.25, 0.3) is 11.6 Å². The molecule has 3 fully saturated rings. The summed E-state index contributed by atoms with van der Waals surface area (Å²) in [6.07, 6.45) is 12.7. The largest absolute Gasteiger partial charge is 0.349 e. The summed E-state index contributed by atoms with van der Waals surface area (Å²) in [4.78, 5) is 25.8. The Hall–Kier alpha value is -1.95. The Kier molecular flexibility index (Phi) is 5.43. The Bertz CT molecular complexity index is 670. The first kappa shape index (κ1) is 18.4. The number of nitrogens with zero attached hydrogens (tertiary/aromatic N) is 2. The molecule has 6 nitrogen and oxygen atoms in total. The lowest BCUT2D eigenvalue weighted by molar-refractivity contribution is -0.384. The molecule has 2 saturated heterocycles. The lowest BCUT2D eigenvalue weighted by Crippen LogP contribution is -2.60. The molecule has 0 radical (unpaired) electrons. The van der Waals surface area contributed by atoms with Crippen molar-refractivity contribution in [3.63, 3.8) is 0 Å². The summed E-state index contributed by atoms with van der Waals surface area (Å²) in [5.74, 6) is -0.112. The molecular formula is C21H29N3O3. The zero-order valence-corrected chi connectivity index (χ0v) is 15.8. The summed E-state index contributed by atoms with van der Waals surface area (Å²) in [5, 5.41) is 14.0. The van der Waals surface area contributed by atoms with Gasteiger partial charge in [0, 0.05) is 41.9 Å². The first-order valence-corrected chi connectivity index (χ1v) is 10.4. The average Bonchev–Trinajstić information content (AvgIpc) is 2.68. The number of nitro benzene ring substituents is 1. The van der Waals surface area contributed by atoms with Crippen LogP contribution in [0.3, 0.4) is 0 Å². The van der Waals surface area contributed by atoms with E-state index < -0.39 is 4.92 Å². The van der Waals surface area contributed by atoms with E-state index >= 15 is 0 Å². The van der Waals surface area contributed by atoms with Gasteiger partial charge in [-0.05, 0) is 50.7 Å². The number of hydrogen-bond acceptors (Lipinski definition) is 4. The van der Waals surface area contributed by atoms with Gasteiger partial charge in [-0.1, -0.05) is 25.7 Å². The van der Waals surface area contributed by atoms with E-state index in [1.165, 1.54) is 63.5 Å². The van der Waals surface area contributed by atoms with Crippen molar-refractivity contribution >= 4 is 11.6 Å². The van der Waals surface area contributed by atoms with Crippen molar-refractivity contribution in [3.05, 3.63) is 39.9 Å². The Labute approximate surface area is 160 Å². The Morgan fingerprint density at radius 2 is 1.52 bits per heavy atom. The fourth-order valence-corrected chi connectivity index (χ4v) is 5.51. The standard InChI is InChI=1S/C21H29N3O3/c25-21(15-9-11-18(12-10-15)24(26)27)22-16-13-19-7-4-8-20(14-16)23(19)17-5-2-1-3-6-17/h9-12,16-17,19-20H,1-8,13-14H2,(H,22,25)/t16?,19-,20+. The van der Waals surface area contributed by atoms with Gasteiger partial charge in [0.15, 0.2) is 0 Å².